The Balaban J connectivity index is 1.86. The average molecular weight is 408 g/mol. The van der Waals surface area contributed by atoms with Gasteiger partial charge in [0.15, 0.2) is 0 Å². The van der Waals surface area contributed by atoms with E-state index in [4.69, 9.17) is 9.47 Å². The summed E-state index contributed by atoms with van der Waals surface area (Å²) in [5.41, 5.74) is 3.32. The largest absolute Gasteiger partial charge is 0.460 e. The van der Waals surface area contributed by atoms with Gasteiger partial charge in [0.25, 0.3) is 5.69 Å². The Hall–Kier alpha value is -3.72. The third-order valence-electron chi connectivity index (χ3n) is 4.99. The molecule has 2 aromatic carbocycles. The van der Waals surface area contributed by atoms with Crippen LogP contribution in [0.4, 0.5) is 11.6 Å². The van der Waals surface area contributed by atoms with Crippen molar-refractivity contribution in [3.63, 3.8) is 0 Å². The number of nitro groups is 1. The van der Waals surface area contributed by atoms with Crippen molar-refractivity contribution in [3.05, 3.63) is 75.5 Å². The molecule has 0 saturated carbocycles. The molecule has 0 fully saturated rings. The highest BCUT2D eigenvalue weighted by atomic mass is 16.6. The van der Waals surface area contributed by atoms with Gasteiger partial charge in [-0.25, -0.2) is 9.78 Å². The molecule has 0 aliphatic carbocycles. The van der Waals surface area contributed by atoms with Gasteiger partial charge in [0.1, 0.15) is 6.61 Å². The number of hydrogen-bond donors (Lipinski definition) is 1. The standard InChI is InChI=1S/C21H20N4O5/c1-13-18(20(26)30-12-11-29-2)19(14-7-9-15(10-8-14)25(27)28)24-17-6-4-3-5-16(17)23-21(24)22-13/h3-10,19H,11-12H2,1-2H3,(H,22,23)/t19-/m0/s1. The molecule has 0 amide bonds. The van der Waals surface area contributed by atoms with Crippen molar-refractivity contribution in [2.24, 2.45) is 0 Å². The first-order valence-corrected chi connectivity index (χ1v) is 9.36. The fourth-order valence-electron chi connectivity index (χ4n) is 3.62. The van der Waals surface area contributed by atoms with E-state index >= 15 is 0 Å². The minimum absolute atomic E-state index is 0.0201. The third-order valence-corrected chi connectivity index (χ3v) is 4.99. The minimum Gasteiger partial charge on any atom is -0.460 e. The van der Waals surface area contributed by atoms with Crippen molar-refractivity contribution in [2.45, 2.75) is 13.0 Å². The lowest BCUT2D eigenvalue weighted by Crippen LogP contribution is -2.29. The quantitative estimate of drug-likeness (QED) is 0.288. The van der Waals surface area contributed by atoms with E-state index in [1.165, 1.54) is 19.2 Å². The number of nitro benzene ring substituents is 1. The van der Waals surface area contributed by atoms with E-state index < -0.39 is 16.9 Å². The molecule has 9 nitrogen and oxygen atoms in total. The molecule has 0 spiro atoms. The lowest BCUT2D eigenvalue weighted by molar-refractivity contribution is -0.384. The summed E-state index contributed by atoms with van der Waals surface area (Å²) in [6, 6.07) is 13.2. The summed E-state index contributed by atoms with van der Waals surface area (Å²) in [4.78, 5) is 28.2. The molecule has 0 unspecified atom stereocenters. The summed E-state index contributed by atoms with van der Waals surface area (Å²) in [6.45, 7) is 2.19. The number of non-ortho nitro benzene ring substituents is 1. The smallest absolute Gasteiger partial charge is 0.338 e. The number of benzene rings is 2. The lowest BCUT2D eigenvalue weighted by Gasteiger charge is -2.30. The molecule has 1 atom stereocenters. The molecule has 154 valence electrons. The zero-order valence-corrected chi connectivity index (χ0v) is 16.5. The van der Waals surface area contributed by atoms with Crippen LogP contribution >= 0.6 is 0 Å². The molecule has 30 heavy (non-hydrogen) atoms. The van der Waals surface area contributed by atoms with E-state index in [0.717, 1.165) is 11.0 Å². The summed E-state index contributed by atoms with van der Waals surface area (Å²) < 4.78 is 12.3. The molecule has 4 rings (SSSR count). The van der Waals surface area contributed by atoms with Crippen LogP contribution in [-0.4, -0.2) is 40.8 Å². The van der Waals surface area contributed by atoms with Gasteiger partial charge in [-0.3, -0.25) is 14.7 Å². The Kier molecular flexibility index (Phi) is 5.20. The second-order valence-corrected chi connectivity index (χ2v) is 6.84. The van der Waals surface area contributed by atoms with Gasteiger partial charge < -0.3 is 14.8 Å². The predicted molar refractivity (Wildman–Crippen MR) is 110 cm³/mol. The number of ether oxygens (including phenoxy) is 2. The van der Waals surface area contributed by atoms with Crippen LogP contribution in [0.1, 0.15) is 18.5 Å². The number of carbonyl (C=O) groups excluding carboxylic acids is 1. The van der Waals surface area contributed by atoms with Crippen LogP contribution in [0.15, 0.2) is 59.8 Å². The highest BCUT2D eigenvalue weighted by Gasteiger charge is 2.35. The molecule has 1 aliphatic heterocycles. The van der Waals surface area contributed by atoms with Crippen LogP contribution in [0.25, 0.3) is 11.0 Å². The Bertz CT molecular complexity index is 1150. The zero-order valence-electron chi connectivity index (χ0n) is 16.5. The van der Waals surface area contributed by atoms with Gasteiger partial charge in [-0.2, -0.15) is 0 Å². The number of allylic oxidation sites excluding steroid dienone is 1. The van der Waals surface area contributed by atoms with Crippen LogP contribution in [0, 0.1) is 10.1 Å². The average Bonchev–Trinajstić information content (AvgIpc) is 3.10. The molecule has 3 aromatic rings. The number of rotatable bonds is 6. The zero-order chi connectivity index (χ0) is 21.3. The van der Waals surface area contributed by atoms with Crippen molar-refractivity contribution in [2.75, 3.05) is 25.6 Å². The number of esters is 1. The summed E-state index contributed by atoms with van der Waals surface area (Å²) in [7, 11) is 1.53. The first kappa shape index (κ1) is 19.6. The van der Waals surface area contributed by atoms with Gasteiger partial charge in [0.05, 0.1) is 34.2 Å². The number of carbonyl (C=O) groups is 1. The molecule has 0 radical (unpaired) electrons. The van der Waals surface area contributed by atoms with E-state index in [1.807, 2.05) is 28.8 Å². The Morgan fingerprint density at radius 3 is 2.63 bits per heavy atom. The second-order valence-electron chi connectivity index (χ2n) is 6.84. The maximum Gasteiger partial charge on any atom is 0.338 e. The minimum atomic E-state index is -0.551. The van der Waals surface area contributed by atoms with Crippen LogP contribution in [0.5, 0.6) is 0 Å². The van der Waals surface area contributed by atoms with Gasteiger partial charge in [0, 0.05) is 24.9 Å². The van der Waals surface area contributed by atoms with Crippen molar-refractivity contribution >= 4 is 28.6 Å². The topological polar surface area (TPSA) is 109 Å². The van der Waals surface area contributed by atoms with Gasteiger partial charge in [-0.05, 0) is 36.8 Å². The number of fused-ring (bicyclic) bond motifs is 3. The maximum absolute atomic E-state index is 13.0. The van der Waals surface area contributed by atoms with Crippen LogP contribution < -0.4 is 5.32 Å². The van der Waals surface area contributed by atoms with E-state index in [0.29, 0.717) is 22.8 Å². The number of methoxy groups -OCH3 is 1. The number of nitrogens with zero attached hydrogens (tertiary/aromatic N) is 3. The van der Waals surface area contributed by atoms with Gasteiger partial charge in [-0.15, -0.1) is 0 Å². The first-order valence-electron chi connectivity index (χ1n) is 9.36. The normalized spacial score (nSPS) is 15.6. The fourth-order valence-corrected chi connectivity index (χ4v) is 3.62. The number of imidazole rings is 1. The Labute approximate surface area is 172 Å². The summed E-state index contributed by atoms with van der Waals surface area (Å²) in [5, 5.41) is 14.3. The summed E-state index contributed by atoms with van der Waals surface area (Å²) in [6.07, 6.45) is 0. The number of aromatic nitrogens is 2. The van der Waals surface area contributed by atoms with E-state index in [1.54, 1.807) is 19.1 Å². The van der Waals surface area contributed by atoms with Gasteiger partial charge in [0.2, 0.25) is 5.95 Å². The number of anilines is 1. The van der Waals surface area contributed by atoms with E-state index in [-0.39, 0.29) is 18.9 Å². The third kappa shape index (κ3) is 3.39. The fraction of sp³-hybridized carbons (Fsp3) is 0.238. The molecule has 0 saturated heterocycles. The Morgan fingerprint density at radius 2 is 1.93 bits per heavy atom. The first-order chi connectivity index (χ1) is 14.5. The summed E-state index contributed by atoms with van der Waals surface area (Å²) >= 11 is 0. The number of nitrogens with one attached hydrogen (secondary N) is 1. The lowest BCUT2D eigenvalue weighted by atomic mass is 9.95. The van der Waals surface area contributed by atoms with Crippen molar-refractivity contribution < 1.29 is 19.2 Å². The van der Waals surface area contributed by atoms with Crippen LogP contribution in [0.2, 0.25) is 0 Å². The molecular weight excluding hydrogens is 388 g/mol. The number of hydrogen-bond acceptors (Lipinski definition) is 7. The molecule has 1 N–H and O–H groups in total. The van der Waals surface area contributed by atoms with E-state index in [9.17, 15) is 14.9 Å². The molecule has 2 heterocycles. The highest BCUT2D eigenvalue weighted by Crippen LogP contribution is 2.39. The van der Waals surface area contributed by atoms with E-state index in [2.05, 4.69) is 10.3 Å². The maximum atomic E-state index is 13.0. The molecule has 1 aliphatic rings. The molecule has 1 aromatic heterocycles. The van der Waals surface area contributed by atoms with Crippen LogP contribution in [-0.2, 0) is 14.3 Å². The monoisotopic (exact) mass is 408 g/mol. The van der Waals surface area contributed by atoms with Crippen molar-refractivity contribution in [1.82, 2.24) is 9.55 Å². The molecule has 0 bridgehead atoms. The van der Waals surface area contributed by atoms with Gasteiger partial charge in [-0.1, -0.05) is 12.1 Å². The second kappa shape index (κ2) is 7.96. The Morgan fingerprint density at radius 1 is 1.20 bits per heavy atom. The van der Waals surface area contributed by atoms with Crippen molar-refractivity contribution in [1.29, 1.82) is 0 Å². The molecular formula is C21H20N4O5. The van der Waals surface area contributed by atoms with Crippen molar-refractivity contribution in [3.8, 4) is 0 Å². The predicted octanol–water partition coefficient (Wildman–Crippen LogP) is 3.42. The molecule has 9 heteroatoms. The highest BCUT2D eigenvalue weighted by molar-refractivity contribution is 5.94. The summed E-state index contributed by atoms with van der Waals surface area (Å²) in [5.74, 6) is 0.106. The van der Waals surface area contributed by atoms with Crippen LogP contribution in [0.3, 0.4) is 0 Å². The van der Waals surface area contributed by atoms with Gasteiger partial charge >= 0.3 is 5.97 Å². The SMILES string of the molecule is COCCOC(=O)C1=C(C)Nc2nc3ccccc3n2[C@H]1c1ccc([N+](=O)[O-])cc1. The number of para-hydroxylation sites is 2.